The van der Waals surface area contributed by atoms with Crippen molar-refractivity contribution in [3.05, 3.63) is 35.9 Å². The second-order valence-corrected chi connectivity index (χ2v) is 5.93. The predicted molar refractivity (Wildman–Crippen MR) is 84.2 cm³/mol. The van der Waals surface area contributed by atoms with Crippen molar-refractivity contribution in [3.63, 3.8) is 0 Å². The Kier molecular flexibility index (Phi) is 6.21. The van der Waals surface area contributed by atoms with Crippen LogP contribution >= 0.6 is 0 Å². The van der Waals surface area contributed by atoms with Gasteiger partial charge in [0.1, 0.15) is 0 Å². The van der Waals surface area contributed by atoms with Gasteiger partial charge in [0.05, 0.1) is 6.54 Å². The highest BCUT2D eigenvalue weighted by atomic mass is 16.4. The Morgan fingerprint density at radius 1 is 1.29 bits per heavy atom. The topological polar surface area (TPSA) is 43.8 Å². The van der Waals surface area contributed by atoms with E-state index in [4.69, 9.17) is 5.11 Å². The summed E-state index contributed by atoms with van der Waals surface area (Å²) >= 11 is 0. The lowest BCUT2D eigenvalue weighted by molar-refractivity contribution is -0.138. The van der Waals surface area contributed by atoms with Crippen LogP contribution in [0.1, 0.15) is 25.3 Å². The van der Waals surface area contributed by atoms with Gasteiger partial charge in [-0.25, -0.2) is 0 Å². The van der Waals surface area contributed by atoms with Gasteiger partial charge in [0.2, 0.25) is 0 Å². The molecule has 0 aliphatic carbocycles. The molecule has 1 fully saturated rings. The smallest absolute Gasteiger partial charge is 0.317 e. The molecule has 1 heterocycles. The molecule has 0 amide bonds. The van der Waals surface area contributed by atoms with Crippen LogP contribution in [0.15, 0.2) is 30.3 Å². The molecule has 0 saturated carbocycles. The summed E-state index contributed by atoms with van der Waals surface area (Å²) in [6, 6.07) is 10.6. The lowest BCUT2D eigenvalue weighted by Crippen LogP contribution is -2.40. The zero-order valence-corrected chi connectivity index (χ0v) is 12.9. The first-order valence-corrected chi connectivity index (χ1v) is 7.87. The van der Waals surface area contributed by atoms with Gasteiger partial charge >= 0.3 is 5.97 Å². The van der Waals surface area contributed by atoms with E-state index in [1.54, 1.807) is 0 Å². The summed E-state index contributed by atoms with van der Waals surface area (Å²) in [5.41, 5.74) is 1.36. The Morgan fingerprint density at radius 3 is 2.52 bits per heavy atom. The van der Waals surface area contributed by atoms with Crippen molar-refractivity contribution in [3.8, 4) is 0 Å². The summed E-state index contributed by atoms with van der Waals surface area (Å²) in [7, 11) is 0. The van der Waals surface area contributed by atoms with Gasteiger partial charge in [-0.05, 0) is 44.0 Å². The number of nitrogens with zero attached hydrogens (tertiary/aromatic N) is 2. The molecule has 0 unspecified atom stereocenters. The molecule has 1 N–H and O–H groups in total. The van der Waals surface area contributed by atoms with Gasteiger partial charge in [-0.3, -0.25) is 14.6 Å². The van der Waals surface area contributed by atoms with Crippen LogP contribution < -0.4 is 0 Å². The minimum Gasteiger partial charge on any atom is -0.480 e. The lowest BCUT2D eigenvalue weighted by atomic mass is 9.96. The first-order chi connectivity index (χ1) is 10.2. The maximum absolute atomic E-state index is 10.7. The summed E-state index contributed by atoms with van der Waals surface area (Å²) in [6.07, 6.45) is 2.22. The molecular weight excluding hydrogens is 264 g/mol. The maximum atomic E-state index is 10.7. The van der Waals surface area contributed by atoms with E-state index in [0.29, 0.717) is 5.92 Å². The van der Waals surface area contributed by atoms with Crippen molar-refractivity contribution < 1.29 is 9.90 Å². The van der Waals surface area contributed by atoms with Gasteiger partial charge in [0.25, 0.3) is 0 Å². The number of carboxylic acids is 1. The van der Waals surface area contributed by atoms with Crippen molar-refractivity contribution in [2.24, 2.45) is 5.92 Å². The van der Waals surface area contributed by atoms with E-state index < -0.39 is 5.97 Å². The lowest BCUT2D eigenvalue weighted by Gasteiger charge is -2.33. The minimum atomic E-state index is -0.715. The van der Waals surface area contributed by atoms with Gasteiger partial charge in [-0.2, -0.15) is 0 Å². The molecule has 21 heavy (non-hydrogen) atoms. The van der Waals surface area contributed by atoms with Crippen LogP contribution in [0.5, 0.6) is 0 Å². The zero-order chi connectivity index (χ0) is 15.1. The monoisotopic (exact) mass is 290 g/mol. The third kappa shape index (κ3) is 5.48. The van der Waals surface area contributed by atoms with E-state index in [-0.39, 0.29) is 6.54 Å². The molecular formula is C17H26N2O2. The number of aliphatic carboxylic acids is 1. The Balaban J connectivity index is 1.77. The Hall–Kier alpha value is -1.39. The summed E-state index contributed by atoms with van der Waals surface area (Å²) < 4.78 is 0. The summed E-state index contributed by atoms with van der Waals surface area (Å²) in [6.45, 7) is 7.42. The molecule has 116 valence electrons. The van der Waals surface area contributed by atoms with E-state index in [9.17, 15) is 4.79 Å². The van der Waals surface area contributed by atoms with Crippen molar-refractivity contribution in [1.82, 2.24) is 9.80 Å². The molecule has 1 aromatic carbocycles. The van der Waals surface area contributed by atoms with Crippen LogP contribution in [0.3, 0.4) is 0 Å². The molecule has 4 heteroatoms. The van der Waals surface area contributed by atoms with E-state index in [1.165, 1.54) is 5.56 Å². The Bertz CT molecular complexity index is 428. The molecule has 4 nitrogen and oxygen atoms in total. The number of hydrogen-bond donors (Lipinski definition) is 1. The van der Waals surface area contributed by atoms with Crippen LogP contribution in [-0.2, 0) is 11.3 Å². The second kappa shape index (κ2) is 8.15. The number of rotatable bonds is 7. The normalized spacial score (nSPS) is 17.2. The van der Waals surface area contributed by atoms with Gasteiger partial charge < -0.3 is 5.11 Å². The van der Waals surface area contributed by atoms with E-state index in [1.807, 2.05) is 4.90 Å². The average Bonchev–Trinajstić information content (AvgIpc) is 2.49. The first-order valence-electron chi connectivity index (χ1n) is 7.87. The van der Waals surface area contributed by atoms with E-state index in [0.717, 1.165) is 45.6 Å². The fourth-order valence-corrected chi connectivity index (χ4v) is 3.03. The Morgan fingerprint density at radius 2 is 1.95 bits per heavy atom. The highest BCUT2D eigenvalue weighted by Crippen LogP contribution is 2.19. The van der Waals surface area contributed by atoms with Gasteiger partial charge in [0.15, 0.2) is 0 Å². The van der Waals surface area contributed by atoms with Crippen molar-refractivity contribution in [2.45, 2.75) is 26.3 Å². The molecule has 0 spiro atoms. The van der Waals surface area contributed by atoms with Crippen LogP contribution in [0.25, 0.3) is 0 Å². The number of carbonyl (C=O) groups is 1. The van der Waals surface area contributed by atoms with E-state index in [2.05, 4.69) is 42.2 Å². The fraction of sp³-hybridized carbons (Fsp3) is 0.588. The van der Waals surface area contributed by atoms with Crippen LogP contribution in [-0.4, -0.2) is 53.6 Å². The third-order valence-electron chi connectivity index (χ3n) is 4.28. The molecule has 1 aliphatic heterocycles. The molecule has 0 bridgehead atoms. The standard InChI is InChI=1S/C17H26N2O2/c1-2-18(12-15-6-4-3-5-7-15)13-16-8-10-19(11-9-16)14-17(20)21/h3-7,16H,2,8-14H2,1H3,(H,20,21). The molecule has 1 saturated heterocycles. The molecule has 0 atom stereocenters. The van der Waals surface area contributed by atoms with Crippen LogP contribution in [0, 0.1) is 5.92 Å². The highest BCUT2D eigenvalue weighted by Gasteiger charge is 2.22. The number of carboxylic acid groups (broad SMARTS) is 1. The number of hydrogen-bond acceptors (Lipinski definition) is 3. The predicted octanol–water partition coefficient (Wildman–Crippen LogP) is 2.31. The van der Waals surface area contributed by atoms with Gasteiger partial charge in [-0.1, -0.05) is 37.3 Å². The highest BCUT2D eigenvalue weighted by molar-refractivity contribution is 5.69. The zero-order valence-electron chi connectivity index (χ0n) is 12.9. The number of benzene rings is 1. The maximum Gasteiger partial charge on any atom is 0.317 e. The summed E-state index contributed by atoms with van der Waals surface area (Å²) in [5.74, 6) is -0.0218. The van der Waals surface area contributed by atoms with Crippen molar-refractivity contribution in [2.75, 3.05) is 32.7 Å². The third-order valence-corrected chi connectivity index (χ3v) is 4.28. The summed E-state index contributed by atoms with van der Waals surface area (Å²) in [4.78, 5) is 15.3. The quantitative estimate of drug-likeness (QED) is 0.837. The van der Waals surface area contributed by atoms with E-state index >= 15 is 0 Å². The fourth-order valence-electron chi connectivity index (χ4n) is 3.03. The Labute approximate surface area is 127 Å². The average molecular weight is 290 g/mol. The first kappa shape index (κ1) is 16.0. The SMILES string of the molecule is CCN(Cc1ccccc1)CC1CCN(CC(=O)O)CC1. The van der Waals surface area contributed by atoms with Gasteiger partial charge in [0, 0.05) is 13.1 Å². The largest absolute Gasteiger partial charge is 0.480 e. The molecule has 2 rings (SSSR count). The molecule has 0 radical (unpaired) electrons. The minimum absolute atomic E-state index is 0.189. The molecule has 1 aliphatic rings. The van der Waals surface area contributed by atoms with Crippen LogP contribution in [0.4, 0.5) is 0 Å². The molecule has 1 aromatic rings. The number of likely N-dealkylation sites (tertiary alicyclic amines) is 1. The summed E-state index contributed by atoms with van der Waals surface area (Å²) in [5, 5.41) is 8.83. The van der Waals surface area contributed by atoms with Gasteiger partial charge in [-0.15, -0.1) is 0 Å². The van der Waals surface area contributed by atoms with Crippen molar-refractivity contribution >= 4 is 5.97 Å². The second-order valence-electron chi connectivity index (χ2n) is 5.93. The van der Waals surface area contributed by atoms with Crippen molar-refractivity contribution in [1.29, 1.82) is 0 Å². The molecule has 0 aromatic heterocycles. The van der Waals surface area contributed by atoms with Crippen LogP contribution in [0.2, 0.25) is 0 Å². The number of piperidine rings is 1.